The first-order valence-corrected chi connectivity index (χ1v) is 12.1. The lowest BCUT2D eigenvalue weighted by Gasteiger charge is -2.15. The maximum absolute atomic E-state index is 15.5. The van der Waals surface area contributed by atoms with Crippen LogP contribution in [0.2, 0.25) is 0 Å². The van der Waals surface area contributed by atoms with Gasteiger partial charge in [-0.1, -0.05) is 18.2 Å². The van der Waals surface area contributed by atoms with Crippen molar-refractivity contribution in [2.75, 3.05) is 11.9 Å². The van der Waals surface area contributed by atoms with Gasteiger partial charge in [-0.3, -0.25) is 4.79 Å². The van der Waals surface area contributed by atoms with Gasteiger partial charge in [0.2, 0.25) is 0 Å². The molecule has 2 N–H and O–H groups in total. The summed E-state index contributed by atoms with van der Waals surface area (Å²) >= 11 is 0. The normalized spacial score (nSPS) is 14.5. The molecule has 2 heterocycles. The number of fused-ring (bicyclic) bond motifs is 1. The summed E-state index contributed by atoms with van der Waals surface area (Å²) < 4.78 is 68.9. The number of alkyl halides is 4. The van der Waals surface area contributed by atoms with E-state index in [9.17, 15) is 22.4 Å². The number of hydrogen-bond donors (Lipinski definition) is 2. The number of halogens is 5. The third-order valence-electron chi connectivity index (χ3n) is 6.29. The van der Waals surface area contributed by atoms with Crippen LogP contribution in [0.5, 0.6) is 0 Å². The molecule has 0 radical (unpaired) electrons. The molecule has 0 bridgehead atoms. The largest absolute Gasteiger partial charge is 0.390 e. The quantitative estimate of drug-likeness (QED) is 0.268. The molecule has 198 valence electrons. The van der Waals surface area contributed by atoms with E-state index in [-0.39, 0.29) is 34.5 Å². The molecule has 0 saturated heterocycles. The van der Waals surface area contributed by atoms with Crippen molar-refractivity contribution in [2.45, 2.75) is 44.6 Å². The van der Waals surface area contributed by atoms with Crippen LogP contribution in [-0.2, 0) is 0 Å². The number of aromatic nitrogens is 3. The molecule has 0 spiro atoms. The molecular formula is C27H24F5N5O. The zero-order chi connectivity index (χ0) is 27.0. The van der Waals surface area contributed by atoms with Gasteiger partial charge in [0.1, 0.15) is 11.5 Å². The molecular weight excluding hydrogens is 505 g/mol. The lowest BCUT2D eigenvalue weighted by atomic mass is 10.0. The molecule has 2 aromatic heterocycles. The molecule has 1 aliphatic carbocycles. The van der Waals surface area contributed by atoms with Gasteiger partial charge in [-0.25, -0.2) is 18.3 Å². The second kappa shape index (κ2) is 10.0. The van der Waals surface area contributed by atoms with E-state index in [1.165, 1.54) is 35.0 Å². The highest BCUT2D eigenvalue weighted by Crippen LogP contribution is 2.32. The topological polar surface area (TPSA) is 71.3 Å². The SMILES string of the molecule is Cc1cc(-c2cnc3c(NCCC(F)(F)F)cc([C@H](F)c4cccc(F)c4)nn23)ccc1C(=O)NC1CC1. The second-order valence-electron chi connectivity index (χ2n) is 9.35. The molecule has 1 saturated carbocycles. The number of hydrogen-bond acceptors (Lipinski definition) is 4. The number of nitrogens with one attached hydrogen (secondary N) is 2. The van der Waals surface area contributed by atoms with Gasteiger partial charge in [-0.15, -0.1) is 0 Å². The molecule has 1 atom stereocenters. The molecule has 38 heavy (non-hydrogen) atoms. The van der Waals surface area contributed by atoms with Crippen molar-refractivity contribution < 1.29 is 26.7 Å². The standard InChI is InChI=1S/C27H24F5N5O/c1-15-11-16(5-8-20(15)26(38)35-19-6-7-19)23-14-34-25-22(33-10-9-27(30,31)32)13-21(36-37(23)25)24(29)17-3-2-4-18(28)12-17/h2-5,8,11-14,19,24,33H,6-7,9-10H2,1H3,(H,35,38)/t24-/m1/s1. The summed E-state index contributed by atoms with van der Waals surface area (Å²) in [6, 6.07) is 11.6. The Balaban J connectivity index is 1.54. The fourth-order valence-corrected chi connectivity index (χ4v) is 4.18. The highest BCUT2D eigenvalue weighted by molar-refractivity contribution is 5.96. The van der Waals surface area contributed by atoms with Crippen LogP contribution in [0.15, 0.2) is 54.7 Å². The molecule has 1 amide bonds. The number of anilines is 1. The Morgan fingerprint density at radius 1 is 1.16 bits per heavy atom. The molecule has 2 aromatic carbocycles. The minimum absolute atomic E-state index is 0.0154. The van der Waals surface area contributed by atoms with Crippen molar-refractivity contribution in [3.8, 4) is 11.3 Å². The van der Waals surface area contributed by atoms with Gasteiger partial charge in [0.05, 0.1) is 24.0 Å². The van der Waals surface area contributed by atoms with Crippen molar-refractivity contribution in [3.63, 3.8) is 0 Å². The van der Waals surface area contributed by atoms with E-state index in [4.69, 9.17) is 0 Å². The van der Waals surface area contributed by atoms with Crippen LogP contribution in [0.1, 0.15) is 52.6 Å². The summed E-state index contributed by atoms with van der Waals surface area (Å²) in [5.41, 5.74) is 2.54. The maximum Gasteiger partial charge on any atom is 0.390 e. The Morgan fingerprint density at radius 2 is 1.95 bits per heavy atom. The fraction of sp³-hybridized carbons (Fsp3) is 0.296. The average molecular weight is 530 g/mol. The summed E-state index contributed by atoms with van der Waals surface area (Å²) in [7, 11) is 0. The van der Waals surface area contributed by atoms with E-state index in [1.807, 2.05) is 0 Å². The van der Waals surface area contributed by atoms with Crippen LogP contribution in [0, 0.1) is 12.7 Å². The van der Waals surface area contributed by atoms with Crippen LogP contribution in [0.25, 0.3) is 16.9 Å². The van der Waals surface area contributed by atoms with Gasteiger partial charge >= 0.3 is 6.18 Å². The van der Waals surface area contributed by atoms with Crippen molar-refractivity contribution in [2.24, 2.45) is 0 Å². The average Bonchev–Trinajstić information content (AvgIpc) is 3.57. The van der Waals surface area contributed by atoms with Crippen molar-refractivity contribution in [1.82, 2.24) is 19.9 Å². The third-order valence-corrected chi connectivity index (χ3v) is 6.29. The number of amides is 1. The fourth-order valence-electron chi connectivity index (χ4n) is 4.18. The zero-order valence-corrected chi connectivity index (χ0v) is 20.3. The van der Waals surface area contributed by atoms with Crippen molar-refractivity contribution >= 4 is 17.2 Å². The minimum atomic E-state index is -4.38. The number of rotatable bonds is 8. The molecule has 0 unspecified atom stereocenters. The number of carbonyl (C=O) groups is 1. The summed E-state index contributed by atoms with van der Waals surface area (Å²) in [5, 5.41) is 10.0. The van der Waals surface area contributed by atoms with Crippen molar-refractivity contribution in [3.05, 3.63) is 82.9 Å². The first-order chi connectivity index (χ1) is 18.1. The van der Waals surface area contributed by atoms with Gasteiger partial charge in [0, 0.05) is 23.7 Å². The van der Waals surface area contributed by atoms with E-state index in [0.29, 0.717) is 22.4 Å². The molecule has 11 heteroatoms. The van der Waals surface area contributed by atoms with Gasteiger partial charge in [-0.2, -0.15) is 18.3 Å². The number of nitrogens with zero attached hydrogens (tertiary/aromatic N) is 3. The minimum Gasteiger partial charge on any atom is -0.382 e. The summed E-state index contributed by atoms with van der Waals surface area (Å²) in [5.74, 6) is -0.791. The van der Waals surface area contributed by atoms with E-state index < -0.39 is 31.1 Å². The van der Waals surface area contributed by atoms with Gasteiger partial charge in [0.15, 0.2) is 11.8 Å². The van der Waals surface area contributed by atoms with Gasteiger partial charge in [0.25, 0.3) is 5.91 Å². The summed E-state index contributed by atoms with van der Waals surface area (Å²) in [6.07, 6.45) is -3.92. The van der Waals surface area contributed by atoms with E-state index in [2.05, 4.69) is 20.7 Å². The molecule has 5 rings (SSSR count). The van der Waals surface area contributed by atoms with Crippen LogP contribution >= 0.6 is 0 Å². The number of aryl methyl sites for hydroxylation is 1. The van der Waals surface area contributed by atoms with Crippen molar-refractivity contribution in [1.29, 1.82) is 0 Å². The number of carbonyl (C=O) groups excluding carboxylic acids is 1. The highest BCUT2D eigenvalue weighted by atomic mass is 19.4. The Labute approximate surface area is 214 Å². The predicted molar refractivity (Wildman–Crippen MR) is 132 cm³/mol. The van der Waals surface area contributed by atoms with Crippen LogP contribution in [0.3, 0.4) is 0 Å². The monoisotopic (exact) mass is 529 g/mol. The molecule has 4 aromatic rings. The number of imidazole rings is 1. The van der Waals surface area contributed by atoms with Crippen LogP contribution < -0.4 is 10.6 Å². The summed E-state index contributed by atoms with van der Waals surface area (Å²) in [4.78, 5) is 16.8. The maximum atomic E-state index is 15.5. The molecule has 1 fully saturated rings. The number of benzene rings is 2. The van der Waals surface area contributed by atoms with Gasteiger partial charge in [-0.05, 0) is 61.2 Å². The highest BCUT2D eigenvalue weighted by Gasteiger charge is 2.27. The smallest absolute Gasteiger partial charge is 0.382 e. The Bertz CT molecular complexity index is 1500. The Hall–Kier alpha value is -4.02. The van der Waals surface area contributed by atoms with Crippen LogP contribution in [-0.4, -0.2) is 39.3 Å². The summed E-state index contributed by atoms with van der Waals surface area (Å²) in [6.45, 7) is 1.34. The van der Waals surface area contributed by atoms with E-state index >= 15 is 4.39 Å². The lowest BCUT2D eigenvalue weighted by molar-refractivity contribution is -0.131. The second-order valence-corrected chi connectivity index (χ2v) is 9.35. The van der Waals surface area contributed by atoms with Crippen LogP contribution in [0.4, 0.5) is 27.6 Å². The third kappa shape index (κ3) is 5.61. The van der Waals surface area contributed by atoms with Gasteiger partial charge < -0.3 is 10.6 Å². The Kier molecular flexibility index (Phi) is 6.77. The first-order valence-electron chi connectivity index (χ1n) is 12.1. The lowest BCUT2D eigenvalue weighted by Crippen LogP contribution is -2.26. The van der Waals surface area contributed by atoms with E-state index in [0.717, 1.165) is 18.9 Å². The molecule has 1 aliphatic rings. The predicted octanol–water partition coefficient (Wildman–Crippen LogP) is 6.16. The molecule has 0 aliphatic heterocycles. The zero-order valence-electron chi connectivity index (χ0n) is 20.3. The molecule has 6 nitrogen and oxygen atoms in total. The first kappa shape index (κ1) is 25.6. The van der Waals surface area contributed by atoms with E-state index in [1.54, 1.807) is 25.1 Å². The Morgan fingerprint density at radius 3 is 2.63 bits per heavy atom.